The summed E-state index contributed by atoms with van der Waals surface area (Å²) in [6.07, 6.45) is 0. The van der Waals surface area contributed by atoms with E-state index >= 15 is 0 Å². The van der Waals surface area contributed by atoms with Crippen molar-refractivity contribution in [3.8, 4) is 0 Å². The second-order valence-electron chi connectivity index (χ2n) is 5.20. The standard InChI is InChI=1S/C17H11ClN2O5/c1-25-17(22)10-4-7-13-12(8-10)14(16(21)19-13)15(18)9-2-5-11(6-3-9)20(23)24/h2-8H,1H3,(H,19,21)/b15-14-. The number of rotatable bonds is 3. The maximum Gasteiger partial charge on any atom is 0.337 e. The molecule has 0 unspecified atom stereocenters. The molecule has 2 aromatic carbocycles. The smallest absolute Gasteiger partial charge is 0.337 e. The predicted molar refractivity (Wildman–Crippen MR) is 92.2 cm³/mol. The van der Waals surface area contributed by atoms with Crippen molar-refractivity contribution in [1.29, 1.82) is 0 Å². The van der Waals surface area contributed by atoms with E-state index in [1.165, 1.54) is 43.5 Å². The van der Waals surface area contributed by atoms with Crippen LogP contribution in [0.3, 0.4) is 0 Å². The Balaban J connectivity index is 2.10. The van der Waals surface area contributed by atoms with Crippen LogP contribution < -0.4 is 5.32 Å². The third-order valence-corrected chi connectivity index (χ3v) is 4.14. The van der Waals surface area contributed by atoms with Gasteiger partial charge in [-0.15, -0.1) is 0 Å². The Morgan fingerprint density at radius 1 is 1.16 bits per heavy atom. The number of ether oxygens (including phenoxy) is 1. The lowest BCUT2D eigenvalue weighted by atomic mass is 10.0. The van der Waals surface area contributed by atoms with Crippen LogP contribution in [0.15, 0.2) is 42.5 Å². The van der Waals surface area contributed by atoms with Crippen LogP contribution in [-0.2, 0) is 9.53 Å². The van der Waals surface area contributed by atoms with Crippen molar-refractivity contribution in [2.75, 3.05) is 12.4 Å². The molecule has 0 bridgehead atoms. The minimum atomic E-state index is -0.534. The molecule has 2 aromatic rings. The highest BCUT2D eigenvalue weighted by Crippen LogP contribution is 2.39. The third kappa shape index (κ3) is 2.97. The molecule has 0 aliphatic carbocycles. The van der Waals surface area contributed by atoms with Crippen molar-refractivity contribution < 1.29 is 19.2 Å². The third-order valence-electron chi connectivity index (χ3n) is 3.74. The molecule has 7 nitrogen and oxygen atoms in total. The Morgan fingerprint density at radius 2 is 1.80 bits per heavy atom. The highest BCUT2D eigenvalue weighted by Gasteiger charge is 2.28. The highest BCUT2D eigenvalue weighted by atomic mass is 35.5. The topological polar surface area (TPSA) is 98.5 Å². The molecule has 3 rings (SSSR count). The van der Waals surface area contributed by atoms with E-state index in [0.717, 1.165) is 0 Å². The second kappa shape index (κ2) is 6.37. The normalized spacial score (nSPS) is 14.6. The predicted octanol–water partition coefficient (Wildman–Crippen LogP) is 3.44. The van der Waals surface area contributed by atoms with E-state index in [1.54, 1.807) is 6.07 Å². The summed E-state index contributed by atoms with van der Waals surface area (Å²) in [7, 11) is 1.26. The Hall–Kier alpha value is -3.19. The molecule has 25 heavy (non-hydrogen) atoms. The van der Waals surface area contributed by atoms with Crippen LogP contribution in [0.4, 0.5) is 11.4 Å². The van der Waals surface area contributed by atoms with Gasteiger partial charge in [-0.25, -0.2) is 4.79 Å². The van der Waals surface area contributed by atoms with Crippen LogP contribution in [0.1, 0.15) is 21.5 Å². The molecule has 1 aliphatic rings. The summed E-state index contributed by atoms with van der Waals surface area (Å²) in [6.45, 7) is 0. The lowest BCUT2D eigenvalue weighted by Gasteiger charge is -2.06. The average Bonchev–Trinajstić information content (AvgIpc) is 2.95. The van der Waals surface area contributed by atoms with Gasteiger partial charge in [0.15, 0.2) is 0 Å². The molecule has 1 N–H and O–H groups in total. The second-order valence-corrected chi connectivity index (χ2v) is 5.58. The molecule has 1 amide bonds. The van der Waals surface area contributed by atoms with Crippen LogP contribution in [0.2, 0.25) is 0 Å². The fraction of sp³-hybridized carbons (Fsp3) is 0.0588. The number of nitro benzene ring substituents is 1. The van der Waals surface area contributed by atoms with Crippen molar-refractivity contribution in [3.63, 3.8) is 0 Å². The Labute approximate surface area is 147 Å². The summed E-state index contributed by atoms with van der Waals surface area (Å²) in [4.78, 5) is 34.2. The minimum Gasteiger partial charge on any atom is -0.465 e. The van der Waals surface area contributed by atoms with Crippen LogP contribution in [0.25, 0.3) is 10.6 Å². The van der Waals surface area contributed by atoms with Gasteiger partial charge >= 0.3 is 5.97 Å². The maximum atomic E-state index is 12.3. The summed E-state index contributed by atoms with van der Waals surface area (Å²) < 4.78 is 4.68. The van der Waals surface area contributed by atoms with Crippen molar-refractivity contribution in [2.24, 2.45) is 0 Å². The monoisotopic (exact) mass is 358 g/mol. The molecule has 1 aliphatic heterocycles. The first-order chi connectivity index (χ1) is 11.9. The van der Waals surface area contributed by atoms with Gasteiger partial charge in [0.05, 0.1) is 28.2 Å². The molecule has 0 radical (unpaired) electrons. The van der Waals surface area contributed by atoms with Crippen LogP contribution in [0.5, 0.6) is 0 Å². The van der Waals surface area contributed by atoms with Crippen LogP contribution in [0, 0.1) is 10.1 Å². The van der Waals surface area contributed by atoms with E-state index in [1.807, 2.05) is 0 Å². The van der Waals surface area contributed by atoms with E-state index < -0.39 is 16.8 Å². The molecule has 1 heterocycles. The van der Waals surface area contributed by atoms with Crippen molar-refractivity contribution in [2.45, 2.75) is 0 Å². The molecule has 126 valence electrons. The number of esters is 1. The van der Waals surface area contributed by atoms with Gasteiger partial charge in [0.25, 0.3) is 11.6 Å². The number of carbonyl (C=O) groups excluding carboxylic acids is 2. The number of amides is 1. The van der Waals surface area contributed by atoms with Gasteiger partial charge in [-0.05, 0) is 35.9 Å². The highest BCUT2D eigenvalue weighted by molar-refractivity contribution is 6.59. The number of methoxy groups -OCH3 is 1. The summed E-state index contributed by atoms with van der Waals surface area (Å²) in [5.41, 5.74) is 1.83. The van der Waals surface area contributed by atoms with Gasteiger partial charge in [-0.3, -0.25) is 14.9 Å². The van der Waals surface area contributed by atoms with Crippen molar-refractivity contribution in [3.05, 3.63) is 69.3 Å². The van der Waals surface area contributed by atoms with Gasteiger partial charge in [0, 0.05) is 23.4 Å². The molecule has 8 heteroatoms. The number of benzene rings is 2. The van der Waals surface area contributed by atoms with E-state index in [4.69, 9.17) is 11.6 Å². The largest absolute Gasteiger partial charge is 0.465 e. The maximum absolute atomic E-state index is 12.3. The zero-order chi connectivity index (χ0) is 18.1. The summed E-state index contributed by atoms with van der Waals surface area (Å²) in [5.74, 6) is -0.951. The number of nitro groups is 1. The number of nitrogens with zero attached hydrogens (tertiary/aromatic N) is 1. The molecular formula is C17H11ClN2O5. The van der Waals surface area contributed by atoms with Gasteiger partial charge < -0.3 is 10.1 Å². The lowest BCUT2D eigenvalue weighted by Crippen LogP contribution is -2.04. The molecule has 0 spiro atoms. The Morgan fingerprint density at radius 3 is 2.40 bits per heavy atom. The van der Waals surface area contributed by atoms with Crippen molar-refractivity contribution >= 4 is 45.5 Å². The Kier molecular flexibility index (Phi) is 4.24. The SMILES string of the molecule is COC(=O)c1ccc2c(c1)/C(=C(/Cl)c1ccc([N+](=O)[O-])cc1)C(=O)N2. The van der Waals surface area contributed by atoms with Gasteiger partial charge in [0.2, 0.25) is 0 Å². The quantitative estimate of drug-likeness (QED) is 0.392. The van der Waals surface area contributed by atoms with E-state index in [2.05, 4.69) is 10.1 Å². The summed E-state index contributed by atoms with van der Waals surface area (Å²) >= 11 is 6.37. The molecule has 0 atom stereocenters. The first-order valence-electron chi connectivity index (χ1n) is 7.11. The Bertz CT molecular complexity index is 935. The molecule has 0 aromatic heterocycles. The number of carbonyl (C=O) groups is 2. The molecular weight excluding hydrogens is 348 g/mol. The first kappa shape index (κ1) is 16.7. The summed E-state index contributed by atoms with van der Waals surface area (Å²) in [6, 6.07) is 10.2. The number of nitrogens with one attached hydrogen (secondary N) is 1. The van der Waals surface area contributed by atoms with E-state index in [-0.39, 0.29) is 21.9 Å². The minimum absolute atomic E-state index is 0.0810. The number of hydrogen-bond acceptors (Lipinski definition) is 5. The molecule has 0 saturated heterocycles. The number of anilines is 1. The van der Waals surface area contributed by atoms with Crippen molar-refractivity contribution in [1.82, 2.24) is 0 Å². The molecule has 0 saturated carbocycles. The lowest BCUT2D eigenvalue weighted by molar-refractivity contribution is -0.384. The van der Waals surface area contributed by atoms with E-state index in [9.17, 15) is 19.7 Å². The summed E-state index contributed by atoms with van der Waals surface area (Å²) in [5, 5.41) is 13.5. The number of non-ortho nitro benzene ring substituents is 1. The van der Waals surface area contributed by atoms with Crippen LogP contribution in [-0.4, -0.2) is 23.9 Å². The van der Waals surface area contributed by atoms with Gasteiger partial charge in [0.1, 0.15) is 0 Å². The number of fused-ring (bicyclic) bond motifs is 1. The number of hydrogen-bond donors (Lipinski definition) is 1. The molecule has 0 fully saturated rings. The zero-order valence-corrected chi connectivity index (χ0v) is 13.7. The fourth-order valence-electron chi connectivity index (χ4n) is 2.50. The number of halogens is 1. The van der Waals surface area contributed by atoms with E-state index in [0.29, 0.717) is 16.8 Å². The van der Waals surface area contributed by atoms with Crippen LogP contribution >= 0.6 is 11.6 Å². The van der Waals surface area contributed by atoms with Gasteiger partial charge in [-0.1, -0.05) is 11.6 Å². The zero-order valence-electron chi connectivity index (χ0n) is 12.9. The average molecular weight is 359 g/mol. The first-order valence-corrected chi connectivity index (χ1v) is 7.49. The van der Waals surface area contributed by atoms with Gasteiger partial charge in [-0.2, -0.15) is 0 Å². The fourth-order valence-corrected chi connectivity index (χ4v) is 2.82.